The number of unbranched alkanes of at least 4 members (excludes halogenated alkanes) is 2. The van der Waals surface area contributed by atoms with Crippen molar-refractivity contribution < 1.29 is 9.90 Å². The number of aryl methyl sites for hydroxylation is 2. The molecule has 4 rings (SSSR count). The van der Waals surface area contributed by atoms with Crippen LogP contribution in [0.1, 0.15) is 71.1 Å². The van der Waals surface area contributed by atoms with Gasteiger partial charge in [0, 0.05) is 30.6 Å². The summed E-state index contributed by atoms with van der Waals surface area (Å²) in [6.45, 7) is 7.86. The summed E-state index contributed by atoms with van der Waals surface area (Å²) < 4.78 is 0. The molecule has 0 spiro atoms. The second kappa shape index (κ2) is 11.6. The highest BCUT2D eigenvalue weighted by molar-refractivity contribution is 6.12. The number of phenolic OH excluding ortho intramolecular Hbond substituents is 1. The third-order valence-corrected chi connectivity index (χ3v) is 7.12. The Morgan fingerprint density at radius 3 is 2.52 bits per heavy atom. The van der Waals surface area contributed by atoms with Gasteiger partial charge >= 0.3 is 0 Å². The Hall–Kier alpha value is -2.43. The van der Waals surface area contributed by atoms with Crippen molar-refractivity contribution in [3.05, 3.63) is 70.3 Å². The second-order valence-corrected chi connectivity index (χ2v) is 9.63. The van der Waals surface area contributed by atoms with Gasteiger partial charge in [-0.1, -0.05) is 49.2 Å². The summed E-state index contributed by atoms with van der Waals surface area (Å²) in [6, 6.07) is 12.2. The number of fused-ring (bicyclic) bond motifs is 1. The number of aromatic hydroxyl groups is 1. The molecule has 2 N–H and O–H groups in total. The van der Waals surface area contributed by atoms with Crippen LogP contribution in [0.15, 0.2) is 42.5 Å². The minimum absolute atomic E-state index is 0.0184. The Balaban J connectivity index is 1.18. The summed E-state index contributed by atoms with van der Waals surface area (Å²) in [5.41, 5.74) is 5.59. The third-order valence-electron chi connectivity index (χ3n) is 7.12. The van der Waals surface area contributed by atoms with Gasteiger partial charge in [-0.2, -0.15) is 0 Å². The van der Waals surface area contributed by atoms with Crippen molar-refractivity contribution in [1.82, 2.24) is 10.2 Å². The van der Waals surface area contributed by atoms with Crippen LogP contribution >= 0.6 is 0 Å². The van der Waals surface area contributed by atoms with E-state index >= 15 is 0 Å². The number of carbonyl (C=O) groups excluding carboxylic acids is 1. The zero-order chi connectivity index (χ0) is 23.0. The first-order chi connectivity index (χ1) is 16.1. The van der Waals surface area contributed by atoms with Gasteiger partial charge in [-0.15, -0.1) is 0 Å². The number of carbonyl (C=O) groups is 1. The van der Waals surface area contributed by atoms with Crippen molar-refractivity contribution in [3.8, 4) is 5.75 Å². The van der Waals surface area contributed by atoms with E-state index in [0.717, 1.165) is 41.8 Å². The van der Waals surface area contributed by atoms with Crippen LogP contribution in [-0.2, 0) is 12.8 Å². The molecule has 33 heavy (non-hydrogen) atoms. The van der Waals surface area contributed by atoms with Gasteiger partial charge < -0.3 is 15.3 Å². The Bertz CT molecular complexity index is 972. The van der Waals surface area contributed by atoms with Crippen LogP contribution in [0, 0.1) is 6.92 Å². The van der Waals surface area contributed by atoms with E-state index < -0.39 is 0 Å². The Morgan fingerprint density at radius 2 is 1.73 bits per heavy atom. The maximum atomic E-state index is 12.6. The third kappa shape index (κ3) is 6.33. The normalized spacial score (nSPS) is 16.5. The maximum Gasteiger partial charge on any atom is 0.186 e. The molecule has 0 saturated carbocycles. The van der Waals surface area contributed by atoms with E-state index in [9.17, 15) is 9.90 Å². The molecule has 1 heterocycles. The molecule has 0 bridgehead atoms. The molecule has 1 aliphatic heterocycles. The van der Waals surface area contributed by atoms with Gasteiger partial charge in [-0.05, 0) is 87.0 Å². The highest BCUT2D eigenvalue weighted by Crippen LogP contribution is 2.34. The topological polar surface area (TPSA) is 52.6 Å². The minimum atomic E-state index is -0.0184. The highest BCUT2D eigenvalue weighted by Gasteiger charge is 2.22. The lowest BCUT2D eigenvalue weighted by atomic mass is 9.85. The summed E-state index contributed by atoms with van der Waals surface area (Å²) >= 11 is 0. The summed E-state index contributed by atoms with van der Waals surface area (Å²) in [7, 11) is 0. The fraction of sp³-hybridized carbons (Fsp3) is 0.483. The lowest BCUT2D eigenvalue weighted by molar-refractivity contribution is 0.104. The monoisotopic (exact) mass is 446 g/mol. The minimum Gasteiger partial charge on any atom is -0.507 e. The van der Waals surface area contributed by atoms with Crippen molar-refractivity contribution in [1.29, 1.82) is 0 Å². The summed E-state index contributed by atoms with van der Waals surface area (Å²) in [4.78, 5) is 15.1. The highest BCUT2D eigenvalue weighted by atomic mass is 16.3. The van der Waals surface area contributed by atoms with Gasteiger partial charge in [0.05, 0.1) is 0 Å². The number of piperidine rings is 1. The fourth-order valence-electron chi connectivity index (χ4n) is 5.01. The van der Waals surface area contributed by atoms with E-state index in [-0.39, 0.29) is 11.5 Å². The van der Waals surface area contributed by atoms with Gasteiger partial charge in [0.15, 0.2) is 5.78 Å². The lowest BCUT2D eigenvalue weighted by Gasteiger charge is -2.26. The smallest absolute Gasteiger partial charge is 0.186 e. The average Bonchev–Trinajstić information content (AvgIpc) is 2.84. The SMILES string of the molecule is Cc1ccc2c(c1O)CC(c1ccc(CCCCCNCCN3CCCCC3)cc1)=CC2=O. The molecule has 2 aliphatic rings. The van der Waals surface area contributed by atoms with E-state index in [1.54, 1.807) is 6.08 Å². The van der Waals surface area contributed by atoms with E-state index in [1.807, 2.05) is 19.1 Å². The number of likely N-dealkylation sites (tertiary alicyclic amines) is 1. The lowest BCUT2D eigenvalue weighted by Crippen LogP contribution is -2.36. The Labute approximate surface area is 198 Å². The van der Waals surface area contributed by atoms with Gasteiger partial charge in [0.25, 0.3) is 0 Å². The quantitative estimate of drug-likeness (QED) is 0.486. The molecule has 0 aromatic heterocycles. The summed E-state index contributed by atoms with van der Waals surface area (Å²) in [6.07, 6.45) is 11.2. The van der Waals surface area contributed by atoms with E-state index in [4.69, 9.17) is 0 Å². The van der Waals surface area contributed by atoms with Crippen LogP contribution in [0.5, 0.6) is 5.75 Å². The average molecular weight is 447 g/mol. The van der Waals surface area contributed by atoms with Gasteiger partial charge in [-0.3, -0.25) is 4.79 Å². The molecule has 0 amide bonds. The Morgan fingerprint density at radius 1 is 0.939 bits per heavy atom. The summed E-state index contributed by atoms with van der Waals surface area (Å²) in [5, 5.41) is 14.0. The van der Waals surface area contributed by atoms with Crippen molar-refractivity contribution in [2.24, 2.45) is 0 Å². The molecular weight excluding hydrogens is 408 g/mol. The van der Waals surface area contributed by atoms with Gasteiger partial charge in [-0.25, -0.2) is 0 Å². The molecule has 2 aromatic carbocycles. The molecular formula is C29H38N2O2. The van der Waals surface area contributed by atoms with Crippen LogP contribution in [0.2, 0.25) is 0 Å². The number of phenols is 1. The van der Waals surface area contributed by atoms with Crippen molar-refractivity contribution >= 4 is 11.4 Å². The van der Waals surface area contributed by atoms with Crippen LogP contribution in [-0.4, -0.2) is 48.5 Å². The molecule has 1 saturated heterocycles. The van der Waals surface area contributed by atoms with Gasteiger partial charge in [0.2, 0.25) is 0 Å². The predicted octanol–water partition coefficient (Wildman–Crippen LogP) is 5.31. The molecule has 0 unspecified atom stereocenters. The summed E-state index contributed by atoms with van der Waals surface area (Å²) in [5.74, 6) is 0.235. The van der Waals surface area contributed by atoms with E-state index in [1.165, 1.54) is 63.7 Å². The van der Waals surface area contributed by atoms with E-state index in [2.05, 4.69) is 34.5 Å². The zero-order valence-electron chi connectivity index (χ0n) is 20.0. The number of hydrogen-bond donors (Lipinski definition) is 2. The van der Waals surface area contributed by atoms with Gasteiger partial charge in [0.1, 0.15) is 5.75 Å². The standard InChI is InChI=1S/C29H38N2O2/c1-22-9-14-26-27(29(22)33)20-25(21-28(26)32)24-12-10-23(11-13-24)8-4-2-5-15-30-16-19-31-17-6-3-7-18-31/h9-14,21,30,33H,2-8,15-20H2,1H3. The molecule has 2 aromatic rings. The van der Waals surface area contributed by atoms with E-state index in [0.29, 0.717) is 12.0 Å². The number of nitrogens with zero attached hydrogens (tertiary/aromatic N) is 1. The number of ketones is 1. The number of allylic oxidation sites excluding steroid dienone is 2. The van der Waals surface area contributed by atoms with Crippen molar-refractivity contribution in [3.63, 3.8) is 0 Å². The van der Waals surface area contributed by atoms with Crippen LogP contribution in [0.4, 0.5) is 0 Å². The van der Waals surface area contributed by atoms with Crippen LogP contribution in [0.3, 0.4) is 0 Å². The van der Waals surface area contributed by atoms with Crippen molar-refractivity contribution in [2.75, 3.05) is 32.7 Å². The largest absolute Gasteiger partial charge is 0.507 e. The zero-order valence-corrected chi connectivity index (χ0v) is 20.0. The molecule has 4 nitrogen and oxygen atoms in total. The molecule has 0 radical (unpaired) electrons. The second-order valence-electron chi connectivity index (χ2n) is 9.63. The molecule has 1 aliphatic carbocycles. The van der Waals surface area contributed by atoms with Crippen LogP contribution < -0.4 is 5.32 Å². The molecule has 176 valence electrons. The number of hydrogen-bond acceptors (Lipinski definition) is 4. The Kier molecular flexibility index (Phi) is 8.35. The maximum absolute atomic E-state index is 12.6. The molecule has 1 fully saturated rings. The first-order valence-electron chi connectivity index (χ1n) is 12.7. The van der Waals surface area contributed by atoms with Crippen molar-refractivity contribution in [2.45, 2.75) is 58.3 Å². The van der Waals surface area contributed by atoms with Crippen LogP contribution in [0.25, 0.3) is 5.57 Å². The predicted molar refractivity (Wildman–Crippen MR) is 136 cm³/mol. The first kappa shape index (κ1) is 23.7. The number of nitrogens with one attached hydrogen (secondary N) is 1. The first-order valence-corrected chi connectivity index (χ1v) is 12.7. The molecule has 0 atom stereocenters. The number of rotatable bonds is 10. The fourth-order valence-corrected chi connectivity index (χ4v) is 5.01. The number of benzene rings is 2. The molecule has 4 heteroatoms.